The Kier molecular flexibility index (Phi) is 9.65. The SMILES string of the molecule is C.CC1(C(=O)O)CCC(N2C(=O)c3ccccc3C2=O)CC1.CCOC(=O)C1(C)CCC(N2C(=O)c3ccccc3C2=O)CC1. The predicted molar refractivity (Wildman–Crippen MR) is 166 cm³/mol. The van der Waals surface area contributed by atoms with Gasteiger partial charge in [0.25, 0.3) is 23.6 Å². The smallest absolute Gasteiger partial charge is 0.311 e. The van der Waals surface area contributed by atoms with Crippen LogP contribution in [0.4, 0.5) is 0 Å². The van der Waals surface area contributed by atoms with E-state index in [2.05, 4.69) is 0 Å². The lowest BCUT2D eigenvalue weighted by atomic mass is 9.73. The Labute approximate surface area is 263 Å². The maximum Gasteiger partial charge on any atom is 0.311 e. The third-order valence-corrected chi connectivity index (χ3v) is 9.78. The van der Waals surface area contributed by atoms with Crippen molar-refractivity contribution in [3.05, 3.63) is 70.8 Å². The van der Waals surface area contributed by atoms with E-state index in [1.807, 2.05) is 6.92 Å². The predicted octanol–water partition coefficient (Wildman–Crippen LogP) is 5.75. The summed E-state index contributed by atoms with van der Waals surface area (Å²) in [6, 6.07) is 13.4. The molecule has 0 saturated heterocycles. The number of amides is 4. The molecule has 2 aromatic carbocycles. The zero-order valence-electron chi connectivity index (χ0n) is 25.3. The number of carbonyl (C=O) groups excluding carboxylic acids is 5. The first-order valence-corrected chi connectivity index (χ1v) is 15.3. The van der Waals surface area contributed by atoms with Crippen LogP contribution in [0, 0.1) is 10.8 Å². The second-order valence-electron chi connectivity index (χ2n) is 12.7. The molecule has 2 aliphatic carbocycles. The Bertz CT molecular complexity index is 1440. The number of hydrogen-bond donors (Lipinski definition) is 1. The van der Waals surface area contributed by atoms with Gasteiger partial charge in [-0.1, -0.05) is 31.7 Å². The Morgan fingerprint density at radius 2 is 1.00 bits per heavy atom. The van der Waals surface area contributed by atoms with E-state index in [1.54, 1.807) is 62.4 Å². The second-order valence-corrected chi connectivity index (χ2v) is 12.7. The molecule has 2 aromatic rings. The number of hydrogen-bond acceptors (Lipinski definition) is 7. The highest BCUT2D eigenvalue weighted by atomic mass is 16.5. The van der Waals surface area contributed by atoms with Crippen molar-refractivity contribution in [3.8, 4) is 0 Å². The summed E-state index contributed by atoms with van der Waals surface area (Å²) < 4.78 is 5.15. The minimum absolute atomic E-state index is 0. The van der Waals surface area contributed by atoms with Crippen molar-refractivity contribution in [1.29, 1.82) is 0 Å². The lowest BCUT2D eigenvalue weighted by molar-refractivity contribution is -0.156. The number of carboxylic acids is 1. The van der Waals surface area contributed by atoms with Crippen LogP contribution in [0.15, 0.2) is 48.5 Å². The molecular weight excluding hydrogens is 576 g/mol. The summed E-state index contributed by atoms with van der Waals surface area (Å²) in [5.41, 5.74) is 0.621. The van der Waals surface area contributed by atoms with Crippen molar-refractivity contribution in [2.45, 2.75) is 91.6 Å². The van der Waals surface area contributed by atoms with Gasteiger partial charge in [-0.25, -0.2) is 0 Å². The van der Waals surface area contributed by atoms with E-state index in [0.29, 0.717) is 80.2 Å². The van der Waals surface area contributed by atoms with Crippen LogP contribution in [0.5, 0.6) is 0 Å². The van der Waals surface area contributed by atoms with Crippen LogP contribution in [-0.2, 0) is 14.3 Å². The minimum Gasteiger partial charge on any atom is -0.481 e. The normalized spacial score (nSPS) is 27.2. The third kappa shape index (κ3) is 6.02. The number of rotatable bonds is 5. The van der Waals surface area contributed by atoms with Crippen LogP contribution >= 0.6 is 0 Å². The Hall–Kier alpha value is -4.34. The Morgan fingerprint density at radius 1 is 0.689 bits per heavy atom. The van der Waals surface area contributed by atoms with E-state index in [4.69, 9.17) is 4.74 Å². The zero-order chi connectivity index (χ0) is 31.8. The lowest BCUT2D eigenvalue weighted by Gasteiger charge is -2.38. The van der Waals surface area contributed by atoms with E-state index in [1.165, 1.54) is 9.80 Å². The van der Waals surface area contributed by atoms with Gasteiger partial charge in [-0.2, -0.15) is 0 Å². The van der Waals surface area contributed by atoms with Gasteiger partial charge in [0.15, 0.2) is 0 Å². The molecule has 10 nitrogen and oxygen atoms in total. The van der Waals surface area contributed by atoms with E-state index < -0.39 is 16.8 Å². The summed E-state index contributed by atoms with van der Waals surface area (Å²) in [5, 5.41) is 9.25. The average Bonchev–Trinajstić information content (AvgIpc) is 3.43. The molecule has 2 heterocycles. The van der Waals surface area contributed by atoms with Gasteiger partial charge >= 0.3 is 11.9 Å². The quantitative estimate of drug-likeness (QED) is 0.330. The molecule has 0 radical (unpaired) electrons. The molecule has 0 aromatic heterocycles. The van der Waals surface area contributed by atoms with Crippen LogP contribution < -0.4 is 0 Å². The highest BCUT2D eigenvalue weighted by Crippen LogP contribution is 2.41. The highest BCUT2D eigenvalue weighted by molar-refractivity contribution is 6.22. The van der Waals surface area contributed by atoms with Gasteiger partial charge in [0, 0.05) is 12.1 Å². The molecule has 4 aliphatic rings. The topological polar surface area (TPSA) is 138 Å². The van der Waals surface area contributed by atoms with Crippen molar-refractivity contribution >= 4 is 35.6 Å². The summed E-state index contributed by atoms with van der Waals surface area (Å²) >= 11 is 0. The number of benzene rings is 2. The monoisotopic (exact) mass is 618 g/mol. The molecule has 0 unspecified atom stereocenters. The van der Waals surface area contributed by atoms with Crippen LogP contribution in [0.3, 0.4) is 0 Å². The van der Waals surface area contributed by atoms with E-state index in [9.17, 15) is 33.9 Å². The van der Waals surface area contributed by atoms with Gasteiger partial charge in [0.2, 0.25) is 0 Å². The first-order chi connectivity index (χ1) is 20.9. The van der Waals surface area contributed by atoms with E-state index in [0.717, 1.165) is 0 Å². The molecule has 1 N–H and O–H groups in total. The summed E-state index contributed by atoms with van der Waals surface area (Å²) in [6.07, 6.45) is 4.61. The second kappa shape index (κ2) is 12.9. The third-order valence-electron chi connectivity index (χ3n) is 9.78. The first kappa shape index (κ1) is 33.6. The van der Waals surface area contributed by atoms with Crippen molar-refractivity contribution < 1.29 is 38.6 Å². The molecule has 2 fully saturated rings. The molecule has 6 rings (SSSR count). The molecule has 240 valence electrons. The van der Waals surface area contributed by atoms with Gasteiger partial charge in [-0.3, -0.25) is 38.6 Å². The highest BCUT2D eigenvalue weighted by Gasteiger charge is 2.46. The lowest BCUT2D eigenvalue weighted by Crippen LogP contribution is -2.45. The van der Waals surface area contributed by atoms with Crippen molar-refractivity contribution in [1.82, 2.24) is 9.80 Å². The summed E-state index contributed by atoms with van der Waals surface area (Å²) in [5.74, 6) is -1.91. The van der Waals surface area contributed by atoms with E-state index >= 15 is 0 Å². The molecule has 10 heteroatoms. The molecule has 0 atom stereocenters. The maximum atomic E-state index is 12.5. The Morgan fingerprint density at radius 3 is 1.29 bits per heavy atom. The fourth-order valence-corrected chi connectivity index (χ4v) is 6.80. The van der Waals surface area contributed by atoms with Gasteiger partial charge < -0.3 is 9.84 Å². The molecule has 2 aliphatic heterocycles. The fraction of sp³-hybridized carbons (Fsp3) is 0.486. The number of nitrogens with zero attached hydrogens (tertiary/aromatic N) is 2. The summed E-state index contributed by atoms with van der Waals surface area (Å²) in [4.78, 5) is 75.9. The molecular formula is C35H42N2O8. The van der Waals surface area contributed by atoms with Crippen LogP contribution in [0.1, 0.15) is 121 Å². The minimum atomic E-state index is -0.802. The van der Waals surface area contributed by atoms with Crippen molar-refractivity contribution in [2.75, 3.05) is 6.61 Å². The summed E-state index contributed by atoms with van der Waals surface area (Å²) in [7, 11) is 0. The average molecular weight is 619 g/mol. The van der Waals surface area contributed by atoms with Crippen molar-refractivity contribution in [3.63, 3.8) is 0 Å². The van der Waals surface area contributed by atoms with Crippen LogP contribution in [0.2, 0.25) is 0 Å². The van der Waals surface area contributed by atoms with E-state index in [-0.39, 0.29) is 49.1 Å². The van der Waals surface area contributed by atoms with Gasteiger partial charge in [-0.15, -0.1) is 0 Å². The summed E-state index contributed by atoms with van der Waals surface area (Å²) in [6.45, 7) is 5.81. The largest absolute Gasteiger partial charge is 0.481 e. The first-order valence-electron chi connectivity index (χ1n) is 15.3. The maximum absolute atomic E-state index is 12.5. The number of esters is 1. The molecule has 2 saturated carbocycles. The number of ether oxygens (including phenoxy) is 1. The van der Waals surface area contributed by atoms with Gasteiger partial charge in [0.1, 0.15) is 0 Å². The number of carboxylic acid groups (broad SMARTS) is 1. The molecule has 4 amide bonds. The fourth-order valence-electron chi connectivity index (χ4n) is 6.80. The number of imide groups is 2. The Balaban J connectivity index is 0.000000201. The number of carbonyl (C=O) groups is 6. The number of fused-ring (bicyclic) bond motifs is 2. The number of aliphatic carboxylic acids is 1. The standard InChI is InChI=1S/C18H21NO4.C16H17NO4.CH4/c1-3-23-17(22)18(2)10-8-12(9-11-18)19-15(20)13-6-4-5-7-14(13)16(19)21;1-16(15(20)21)8-6-10(7-9-16)17-13(18)11-4-2-3-5-12(11)14(17)19;/h4-7,12H,3,8-11H2,1-2H3;2-5,10H,6-9H2,1H3,(H,20,21);1H4. The molecule has 0 spiro atoms. The van der Waals surface area contributed by atoms with Crippen molar-refractivity contribution in [2.24, 2.45) is 10.8 Å². The van der Waals surface area contributed by atoms with Crippen LogP contribution in [-0.4, -0.2) is 69.2 Å². The molecule has 45 heavy (non-hydrogen) atoms. The van der Waals surface area contributed by atoms with Crippen LogP contribution in [0.25, 0.3) is 0 Å². The zero-order valence-corrected chi connectivity index (χ0v) is 25.3. The van der Waals surface area contributed by atoms with Gasteiger partial charge in [0.05, 0.1) is 39.7 Å². The van der Waals surface area contributed by atoms with Gasteiger partial charge in [-0.05, 0) is 96.4 Å². The molecule has 0 bridgehead atoms.